The summed E-state index contributed by atoms with van der Waals surface area (Å²) in [6, 6.07) is 0. The number of nitrogens with zero attached hydrogens (tertiary/aromatic N) is 1. The van der Waals surface area contributed by atoms with Crippen LogP contribution in [-0.2, 0) is 14.4 Å². The van der Waals surface area contributed by atoms with Gasteiger partial charge in [-0.1, -0.05) is 0 Å². The number of piperazine rings is 1. The fourth-order valence-corrected chi connectivity index (χ4v) is 1.80. The second kappa shape index (κ2) is 3.52. The largest absolute Gasteiger partial charge is 0.481 e. The summed E-state index contributed by atoms with van der Waals surface area (Å²) in [5.74, 6) is -2.25. The summed E-state index contributed by atoms with van der Waals surface area (Å²) in [4.78, 5) is 34.7. The first-order valence-electron chi connectivity index (χ1n) is 4.88. The number of hydrogen-bond donors (Lipinski definition) is 2. The van der Waals surface area contributed by atoms with Gasteiger partial charge in [0.15, 0.2) is 0 Å². The van der Waals surface area contributed by atoms with Crippen LogP contribution in [0.3, 0.4) is 0 Å². The van der Waals surface area contributed by atoms with E-state index in [0.717, 1.165) is 0 Å². The molecule has 1 saturated heterocycles. The van der Waals surface area contributed by atoms with Crippen LogP contribution in [0.25, 0.3) is 0 Å². The molecule has 0 aromatic carbocycles. The van der Waals surface area contributed by atoms with Crippen molar-refractivity contribution in [3.8, 4) is 0 Å². The SMILES string of the molecule is O=C1CN(C(=O)[C@@H]2C[C@@H]2C(=O)O)CCN1. The molecule has 2 rings (SSSR count). The number of rotatable bonds is 2. The highest BCUT2D eigenvalue weighted by molar-refractivity contribution is 5.92. The highest BCUT2D eigenvalue weighted by Crippen LogP contribution is 2.40. The van der Waals surface area contributed by atoms with Crippen LogP contribution in [-0.4, -0.2) is 47.4 Å². The summed E-state index contributed by atoms with van der Waals surface area (Å²) < 4.78 is 0. The number of carboxylic acid groups (broad SMARTS) is 1. The molecule has 0 spiro atoms. The van der Waals surface area contributed by atoms with Crippen LogP contribution in [0.15, 0.2) is 0 Å². The average Bonchev–Trinajstić information content (AvgIpc) is 2.96. The fourth-order valence-electron chi connectivity index (χ4n) is 1.80. The summed E-state index contributed by atoms with van der Waals surface area (Å²) in [5.41, 5.74) is 0. The van der Waals surface area contributed by atoms with Crippen LogP contribution in [0.1, 0.15) is 6.42 Å². The molecule has 1 aliphatic carbocycles. The van der Waals surface area contributed by atoms with Gasteiger partial charge in [0.1, 0.15) is 0 Å². The van der Waals surface area contributed by atoms with Gasteiger partial charge < -0.3 is 15.3 Å². The summed E-state index contributed by atoms with van der Waals surface area (Å²) in [6.07, 6.45) is 0.409. The van der Waals surface area contributed by atoms with Crippen molar-refractivity contribution in [3.63, 3.8) is 0 Å². The lowest BCUT2D eigenvalue weighted by molar-refractivity contribution is -0.143. The van der Waals surface area contributed by atoms with Crippen molar-refractivity contribution in [2.45, 2.75) is 6.42 Å². The molecule has 2 N–H and O–H groups in total. The van der Waals surface area contributed by atoms with E-state index < -0.39 is 17.8 Å². The van der Waals surface area contributed by atoms with E-state index in [1.54, 1.807) is 0 Å². The molecule has 0 radical (unpaired) electrons. The summed E-state index contributed by atoms with van der Waals surface area (Å²) >= 11 is 0. The minimum Gasteiger partial charge on any atom is -0.481 e. The maximum atomic E-state index is 11.7. The van der Waals surface area contributed by atoms with Gasteiger partial charge in [-0.05, 0) is 6.42 Å². The van der Waals surface area contributed by atoms with Crippen LogP contribution in [0, 0.1) is 11.8 Å². The van der Waals surface area contributed by atoms with Gasteiger partial charge in [-0.3, -0.25) is 14.4 Å². The molecule has 2 fully saturated rings. The van der Waals surface area contributed by atoms with Gasteiger partial charge >= 0.3 is 5.97 Å². The van der Waals surface area contributed by atoms with Gasteiger partial charge in [0.05, 0.1) is 18.4 Å². The van der Waals surface area contributed by atoms with Gasteiger partial charge in [-0.25, -0.2) is 0 Å². The number of hydrogen-bond acceptors (Lipinski definition) is 3. The highest BCUT2D eigenvalue weighted by atomic mass is 16.4. The minimum absolute atomic E-state index is 0.0572. The highest BCUT2D eigenvalue weighted by Gasteiger charge is 2.50. The zero-order valence-corrected chi connectivity index (χ0v) is 8.10. The maximum absolute atomic E-state index is 11.7. The third kappa shape index (κ3) is 1.93. The van der Waals surface area contributed by atoms with Gasteiger partial charge in [-0.15, -0.1) is 0 Å². The minimum atomic E-state index is -0.921. The van der Waals surface area contributed by atoms with Gasteiger partial charge in [0.2, 0.25) is 11.8 Å². The van der Waals surface area contributed by atoms with Crippen molar-refractivity contribution in [1.82, 2.24) is 10.2 Å². The number of amides is 2. The Hall–Kier alpha value is -1.59. The Morgan fingerprint density at radius 3 is 2.67 bits per heavy atom. The van der Waals surface area contributed by atoms with E-state index in [4.69, 9.17) is 5.11 Å². The molecular weight excluding hydrogens is 200 g/mol. The molecular formula is C9H12N2O4. The molecule has 0 unspecified atom stereocenters. The number of carboxylic acids is 1. The van der Waals surface area contributed by atoms with Crippen LogP contribution >= 0.6 is 0 Å². The lowest BCUT2D eigenvalue weighted by Crippen LogP contribution is -2.50. The first kappa shape index (κ1) is 9.95. The molecule has 1 heterocycles. The van der Waals surface area contributed by atoms with Gasteiger partial charge in [0.25, 0.3) is 0 Å². The maximum Gasteiger partial charge on any atom is 0.307 e. The number of carbonyl (C=O) groups is 3. The molecule has 2 amide bonds. The predicted octanol–water partition coefficient (Wildman–Crippen LogP) is -1.33. The predicted molar refractivity (Wildman–Crippen MR) is 48.8 cm³/mol. The van der Waals surface area contributed by atoms with Crippen LogP contribution < -0.4 is 5.32 Å². The first-order chi connectivity index (χ1) is 7.09. The summed E-state index contributed by atoms with van der Waals surface area (Å²) in [5, 5.41) is 11.3. The van der Waals surface area contributed by atoms with Gasteiger partial charge in [-0.2, -0.15) is 0 Å². The Kier molecular flexibility index (Phi) is 2.34. The monoisotopic (exact) mass is 212 g/mol. The van der Waals surface area contributed by atoms with E-state index in [1.165, 1.54) is 4.90 Å². The molecule has 15 heavy (non-hydrogen) atoms. The van der Waals surface area contributed by atoms with E-state index in [9.17, 15) is 14.4 Å². The number of carbonyl (C=O) groups excluding carboxylic acids is 2. The smallest absolute Gasteiger partial charge is 0.307 e. The molecule has 82 valence electrons. The number of aliphatic carboxylic acids is 1. The van der Waals surface area contributed by atoms with E-state index in [2.05, 4.69) is 5.32 Å². The molecule has 0 aromatic rings. The zero-order valence-electron chi connectivity index (χ0n) is 8.10. The van der Waals surface area contributed by atoms with Crippen molar-refractivity contribution in [3.05, 3.63) is 0 Å². The second-order valence-corrected chi connectivity index (χ2v) is 3.90. The standard InChI is InChI=1S/C9H12N2O4/c12-7-4-11(2-1-10-7)8(13)5-3-6(5)9(14)15/h5-6H,1-4H2,(H,10,12)(H,14,15)/t5-,6+/m1/s1. The molecule has 6 heteroatoms. The van der Waals surface area contributed by atoms with Crippen LogP contribution in [0.2, 0.25) is 0 Å². The normalized spacial score (nSPS) is 29.6. The number of nitrogens with one attached hydrogen (secondary N) is 1. The molecule has 1 saturated carbocycles. The average molecular weight is 212 g/mol. The Labute approximate surface area is 86.2 Å². The molecule has 0 aromatic heterocycles. The van der Waals surface area contributed by atoms with Crippen molar-refractivity contribution >= 4 is 17.8 Å². The zero-order chi connectivity index (χ0) is 11.0. The van der Waals surface area contributed by atoms with E-state index >= 15 is 0 Å². The third-order valence-corrected chi connectivity index (χ3v) is 2.77. The Morgan fingerprint density at radius 2 is 2.13 bits per heavy atom. The summed E-state index contributed by atoms with van der Waals surface area (Å²) in [6.45, 7) is 0.990. The molecule has 1 aliphatic heterocycles. The van der Waals surface area contributed by atoms with E-state index in [1.807, 2.05) is 0 Å². The quantitative estimate of drug-likeness (QED) is 0.593. The van der Waals surface area contributed by atoms with E-state index in [-0.39, 0.29) is 18.4 Å². The molecule has 2 atom stereocenters. The summed E-state index contributed by atoms with van der Waals surface area (Å²) in [7, 11) is 0. The van der Waals surface area contributed by atoms with E-state index in [0.29, 0.717) is 19.5 Å². The molecule has 0 bridgehead atoms. The van der Waals surface area contributed by atoms with Gasteiger partial charge in [0, 0.05) is 13.1 Å². The fraction of sp³-hybridized carbons (Fsp3) is 0.667. The Balaban J connectivity index is 1.92. The molecule has 6 nitrogen and oxygen atoms in total. The lowest BCUT2D eigenvalue weighted by Gasteiger charge is -2.26. The topological polar surface area (TPSA) is 86.7 Å². The van der Waals surface area contributed by atoms with Crippen LogP contribution in [0.4, 0.5) is 0 Å². The first-order valence-corrected chi connectivity index (χ1v) is 4.88. The van der Waals surface area contributed by atoms with Crippen molar-refractivity contribution in [2.75, 3.05) is 19.6 Å². The Bertz CT molecular complexity index is 328. The third-order valence-electron chi connectivity index (χ3n) is 2.77. The van der Waals surface area contributed by atoms with Crippen LogP contribution in [0.5, 0.6) is 0 Å². The Morgan fingerprint density at radius 1 is 1.40 bits per heavy atom. The molecule has 2 aliphatic rings. The van der Waals surface area contributed by atoms with Crippen molar-refractivity contribution < 1.29 is 19.5 Å². The van der Waals surface area contributed by atoms with Crippen molar-refractivity contribution in [2.24, 2.45) is 11.8 Å². The second-order valence-electron chi connectivity index (χ2n) is 3.90. The lowest BCUT2D eigenvalue weighted by atomic mass is 10.2. The van der Waals surface area contributed by atoms with Crippen molar-refractivity contribution in [1.29, 1.82) is 0 Å².